The fraction of sp³-hybridized carbons (Fsp3) is 0.417. The Morgan fingerprint density at radius 3 is 2.75 bits per heavy atom. The molecule has 1 aromatic rings. The molecule has 0 unspecified atom stereocenters. The van der Waals surface area contributed by atoms with Crippen LogP contribution < -0.4 is 10.6 Å². The van der Waals surface area contributed by atoms with Crippen molar-refractivity contribution in [1.29, 1.82) is 0 Å². The molecular weight excluding hydrogens is 207 g/mol. The maximum absolute atomic E-state index is 13.2. The van der Waals surface area contributed by atoms with Crippen LogP contribution in [0.15, 0.2) is 18.2 Å². The fourth-order valence-electron chi connectivity index (χ4n) is 1.28. The number of rotatable bonds is 5. The van der Waals surface area contributed by atoms with Crippen LogP contribution in [0.3, 0.4) is 0 Å². The molecule has 0 radical (unpaired) electrons. The van der Waals surface area contributed by atoms with Crippen LogP contribution in [0.1, 0.15) is 22.8 Å². The SMILES string of the molecule is CCNCCNC(=O)c1ccc(C)c(F)c1. The monoisotopic (exact) mass is 224 g/mol. The van der Waals surface area contributed by atoms with Crippen molar-refractivity contribution < 1.29 is 9.18 Å². The molecule has 1 rings (SSSR count). The van der Waals surface area contributed by atoms with Gasteiger partial charge in [-0.2, -0.15) is 0 Å². The average Bonchev–Trinajstić information content (AvgIpc) is 2.28. The van der Waals surface area contributed by atoms with E-state index >= 15 is 0 Å². The standard InChI is InChI=1S/C12H17FN2O/c1-3-14-6-7-15-12(16)10-5-4-9(2)11(13)8-10/h4-5,8,14H,3,6-7H2,1-2H3,(H,15,16). The molecule has 0 bridgehead atoms. The highest BCUT2D eigenvalue weighted by molar-refractivity contribution is 5.94. The predicted octanol–water partition coefficient (Wildman–Crippen LogP) is 1.47. The molecule has 0 aliphatic rings. The zero-order chi connectivity index (χ0) is 12.0. The number of benzene rings is 1. The Labute approximate surface area is 95.0 Å². The lowest BCUT2D eigenvalue weighted by molar-refractivity contribution is 0.0953. The molecule has 0 saturated carbocycles. The molecule has 0 saturated heterocycles. The van der Waals surface area contributed by atoms with Gasteiger partial charge in [0, 0.05) is 18.7 Å². The topological polar surface area (TPSA) is 41.1 Å². The summed E-state index contributed by atoms with van der Waals surface area (Å²) in [5, 5.41) is 5.80. The van der Waals surface area contributed by atoms with Gasteiger partial charge in [-0.25, -0.2) is 4.39 Å². The van der Waals surface area contributed by atoms with E-state index in [9.17, 15) is 9.18 Å². The first-order valence-electron chi connectivity index (χ1n) is 5.40. The van der Waals surface area contributed by atoms with Crippen LogP contribution in [0.25, 0.3) is 0 Å². The van der Waals surface area contributed by atoms with E-state index in [1.165, 1.54) is 6.07 Å². The summed E-state index contributed by atoms with van der Waals surface area (Å²) >= 11 is 0. The minimum absolute atomic E-state index is 0.239. The largest absolute Gasteiger partial charge is 0.351 e. The summed E-state index contributed by atoms with van der Waals surface area (Å²) in [5.74, 6) is -0.587. The van der Waals surface area contributed by atoms with E-state index in [2.05, 4.69) is 10.6 Å². The lowest BCUT2D eigenvalue weighted by Crippen LogP contribution is -2.31. The first-order valence-corrected chi connectivity index (χ1v) is 5.40. The first kappa shape index (κ1) is 12.6. The summed E-state index contributed by atoms with van der Waals surface area (Å²) in [7, 11) is 0. The number of carbonyl (C=O) groups excluding carboxylic acids is 1. The van der Waals surface area contributed by atoms with E-state index in [0.29, 0.717) is 17.7 Å². The maximum Gasteiger partial charge on any atom is 0.251 e. The highest BCUT2D eigenvalue weighted by atomic mass is 19.1. The molecule has 3 nitrogen and oxygen atoms in total. The van der Waals surface area contributed by atoms with Crippen molar-refractivity contribution in [2.75, 3.05) is 19.6 Å². The molecule has 16 heavy (non-hydrogen) atoms. The normalized spacial score (nSPS) is 10.2. The first-order chi connectivity index (χ1) is 7.65. The van der Waals surface area contributed by atoms with Gasteiger partial charge in [-0.1, -0.05) is 13.0 Å². The molecular formula is C12H17FN2O. The van der Waals surface area contributed by atoms with Crippen LogP contribution in [0.5, 0.6) is 0 Å². The predicted molar refractivity (Wildman–Crippen MR) is 62.0 cm³/mol. The molecule has 1 aromatic carbocycles. The molecule has 0 fully saturated rings. The van der Waals surface area contributed by atoms with Crippen molar-refractivity contribution in [2.45, 2.75) is 13.8 Å². The van der Waals surface area contributed by atoms with Crippen LogP contribution in [0.4, 0.5) is 4.39 Å². The van der Waals surface area contributed by atoms with Crippen molar-refractivity contribution >= 4 is 5.91 Å². The highest BCUT2D eigenvalue weighted by Crippen LogP contribution is 2.08. The van der Waals surface area contributed by atoms with Crippen LogP contribution in [-0.2, 0) is 0 Å². The lowest BCUT2D eigenvalue weighted by atomic mass is 10.1. The Bertz CT molecular complexity index is 366. The number of nitrogens with one attached hydrogen (secondary N) is 2. The van der Waals surface area contributed by atoms with Crippen molar-refractivity contribution in [2.24, 2.45) is 0 Å². The Morgan fingerprint density at radius 1 is 1.38 bits per heavy atom. The third-order valence-corrected chi connectivity index (χ3v) is 2.27. The quantitative estimate of drug-likeness (QED) is 0.744. The number of hydrogen-bond donors (Lipinski definition) is 2. The lowest BCUT2D eigenvalue weighted by Gasteiger charge is -2.06. The highest BCUT2D eigenvalue weighted by Gasteiger charge is 2.06. The second-order valence-electron chi connectivity index (χ2n) is 3.57. The van der Waals surface area contributed by atoms with Gasteiger partial charge < -0.3 is 10.6 Å². The third-order valence-electron chi connectivity index (χ3n) is 2.27. The van der Waals surface area contributed by atoms with E-state index in [1.807, 2.05) is 6.92 Å². The van der Waals surface area contributed by atoms with Crippen LogP contribution in [0.2, 0.25) is 0 Å². The van der Waals surface area contributed by atoms with E-state index in [0.717, 1.165) is 13.1 Å². The molecule has 0 aromatic heterocycles. The van der Waals surface area contributed by atoms with Gasteiger partial charge in [-0.05, 0) is 31.2 Å². The Hall–Kier alpha value is -1.42. The molecule has 0 spiro atoms. The van der Waals surface area contributed by atoms with Gasteiger partial charge in [0.05, 0.1) is 0 Å². The van der Waals surface area contributed by atoms with Crippen LogP contribution in [-0.4, -0.2) is 25.5 Å². The molecule has 0 heterocycles. The summed E-state index contributed by atoms with van der Waals surface area (Å²) in [5.41, 5.74) is 0.906. The van der Waals surface area contributed by atoms with Gasteiger partial charge >= 0.3 is 0 Å². The molecule has 88 valence electrons. The molecule has 0 atom stereocenters. The van der Waals surface area contributed by atoms with Crippen molar-refractivity contribution in [1.82, 2.24) is 10.6 Å². The van der Waals surface area contributed by atoms with E-state index in [4.69, 9.17) is 0 Å². The van der Waals surface area contributed by atoms with Crippen LogP contribution >= 0.6 is 0 Å². The van der Waals surface area contributed by atoms with Gasteiger partial charge in [0.2, 0.25) is 0 Å². The van der Waals surface area contributed by atoms with Crippen molar-refractivity contribution in [3.8, 4) is 0 Å². The minimum atomic E-state index is -0.348. The number of halogens is 1. The summed E-state index contributed by atoms with van der Waals surface area (Å²) in [6.07, 6.45) is 0. The zero-order valence-electron chi connectivity index (χ0n) is 9.64. The van der Waals surface area contributed by atoms with Crippen molar-refractivity contribution in [3.63, 3.8) is 0 Å². The summed E-state index contributed by atoms with van der Waals surface area (Å²) in [6.45, 7) is 5.80. The van der Waals surface area contributed by atoms with E-state index in [1.54, 1.807) is 19.1 Å². The molecule has 4 heteroatoms. The smallest absolute Gasteiger partial charge is 0.251 e. The number of aryl methyl sites for hydroxylation is 1. The van der Waals surface area contributed by atoms with Crippen molar-refractivity contribution in [3.05, 3.63) is 35.1 Å². The number of hydrogen-bond acceptors (Lipinski definition) is 2. The van der Waals surface area contributed by atoms with Crippen LogP contribution in [0, 0.1) is 12.7 Å². The second-order valence-corrected chi connectivity index (χ2v) is 3.57. The van der Waals surface area contributed by atoms with E-state index in [-0.39, 0.29) is 11.7 Å². The maximum atomic E-state index is 13.2. The minimum Gasteiger partial charge on any atom is -0.351 e. The van der Waals surface area contributed by atoms with E-state index < -0.39 is 0 Å². The van der Waals surface area contributed by atoms with Gasteiger partial charge in [0.1, 0.15) is 5.82 Å². The molecule has 2 N–H and O–H groups in total. The Balaban J connectivity index is 2.50. The molecule has 0 aliphatic carbocycles. The average molecular weight is 224 g/mol. The number of amides is 1. The van der Waals surface area contributed by atoms with Gasteiger partial charge in [-0.3, -0.25) is 4.79 Å². The summed E-state index contributed by atoms with van der Waals surface area (Å²) in [6, 6.07) is 4.49. The zero-order valence-corrected chi connectivity index (χ0v) is 9.64. The Kier molecular flexibility index (Phi) is 4.92. The van der Waals surface area contributed by atoms with Gasteiger partial charge in [0.25, 0.3) is 5.91 Å². The third kappa shape index (κ3) is 3.62. The second kappa shape index (κ2) is 6.23. The molecule has 1 amide bonds. The number of carbonyl (C=O) groups is 1. The number of likely N-dealkylation sites (N-methyl/N-ethyl adjacent to an activating group) is 1. The fourth-order valence-corrected chi connectivity index (χ4v) is 1.28. The summed E-state index contributed by atoms with van der Waals surface area (Å²) in [4.78, 5) is 11.6. The van der Waals surface area contributed by atoms with Gasteiger partial charge in [-0.15, -0.1) is 0 Å². The van der Waals surface area contributed by atoms with Gasteiger partial charge in [0.15, 0.2) is 0 Å². The summed E-state index contributed by atoms with van der Waals surface area (Å²) < 4.78 is 13.2. The molecule has 0 aliphatic heterocycles. The Morgan fingerprint density at radius 2 is 2.12 bits per heavy atom.